The molecule has 72 valence electrons. The maximum atomic E-state index is 10.6. The van der Waals surface area contributed by atoms with Crippen LogP contribution in [-0.4, -0.2) is 30.2 Å². The molecule has 0 aromatic carbocycles. The van der Waals surface area contributed by atoms with Gasteiger partial charge in [0.1, 0.15) is 0 Å². The van der Waals surface area contributed by atoms with Crippen LogP contribution in [0.5, 0.6) is 6.01 Å². The quantitative estimate of drug-likeness (QED) is 0.463. The van der Waals surface area contributed by atoms with Gasteiger partial charge in [0.25, 0.3) is 0 Å². The highest BCUT2D eigenvalue weighted by Gasteiger charge is 1.94. The van der Waals surface area contributed by atoms with Crippen LogP contribution in [0.25, 0.3) is 0 Å². The average Bonchev–Trinajstić information content (AvgIpc) is 2.26. The van der Waals surface area contributed by atoms with Crippen molar-refractivity contribution in [1.82, 2.24) is 9.97 Å². The fourth-order valence-electron chi connectivity index (χ4n) is 0.660. The molecular formula is C9H8N2O3. The summed E-state index contributed by atoms with van der Waals surface area (Å²) in [4.78, 5) is 18.3. The van der Waals surface area contributed by atoms with E-state index in [0.717, 1.165) is 0 Å². The summed E-state index contributed by atoms with van der Waals surface area (Å²) in [7, 11) is 2.73. The van der Waals surface area contributed by atoms with Gasteiger partial charge in [-0.2, -0.15) is 0 Å². The number of ether oxygens (including phenoxy) is 2. The molecule has 0 spiro atoms. The van der Waals surface area contributed by atoms with Crippen LogP contribution in [0.3, 0.4) is 0 Å². The molecule has 0 fully saturated rings. The van der Waals surface area contributed by atoms with Gasteiger partial charge in [0.15, 0.2) is 0 Å². The topological polar surface area (TPSA) is 61.3 Å². The van der Waals surface area contributed by atoms with Crippen molar-refractivity contribution in [1.29, 1.82) is 0 Å². The Kier molecular flexibility index (Phi) is 3.44. The molecule has 0 saturated heterocycles. The molecule has 0 aliphatic rings. The van der Waals surface area contributed by atoms with Crippen molar-refractivity contribution in [3.63, 3.8) is 0 Å². The van der Waals surface area contributed by atoms with Crippen LogP contribution >= 0.6 is 0 Å². The lowest BCUT2D eigenvalue weighted by atomic mass is 10.3. The van der Waals surface area contributed by atoms with E-state index in [9.17, 15) is 4.79 Å². The van der Waals surface area contributed by atoms with Gasteiger partial charge < -0.3 is 9.47 Å². The van der Waals surface area contributed by atoms with Crippen molar-refractivity contribution in [3.8, 4) is 17.9 Å². The molecule has 1 aromatic rings. The van der Waals surface area contributed by atoms with Gasteiger partial charge in [0, 0.05) is 18.3 Å². The minimum Gasteiger partial charge on any atom is -0.467 e. The molecule has 0 aliphatic carbocycles. The molecule has 0 bridgehead atoms. The van der Waals surface area contributed by atoms with Crippen molar-refractivity contribution in [3.05, 3.63) is 18.0 Å². The van der Waals surface area contributed by atoms with E-state index in [-0.39, 0.29) is 6.01 Å². The van der Waals surface area contributed by atoms with Crippen LogP contribution in [0.4, 0.5) is 0 Å². The minimum atomic E-state index is -0.596. The van der Waals surface area contributed by atoms with Crippen LogP contribution in [0.15, 0.2) is 12.4 Å². The fraction of sp³-hybridized carbons (Fsp3) is 0.222. The van der Waals surface area contributed by atoms with Gasteiger partial charge in [-0.15, -0.1) is 0 Å². The van der Waals surface area contributed by atoms with Crippen LogP contribution in [0.1, 0.15) is 5.56 Å². The van der Waals surface area contributed by atoms with Gasteiger partial charge in [-0.25, -0.2) is 14.8 Å². The minimum absolute atomic E-state index is 0.258. The number of methoxy groups -OCH3 is 2. The molecule has 0 atom stereocenters. The van der Waals surface area contributed by atoms with E-state index in [2.05, 4.69) is 26.5 Å². The molecule has 0 aliphatic heterocycles. The molecule has 0 radical (unpaired) electrons. The van der Waals surface area contributed by atoms with Gasteiger partial charge in [-0.05, 0) is 0 Å². The van der Waals surface area contributed by atoms with Crippen LogP contribution in [0.2, 0.25) is 0 Å². The van der Waals surface area contributed by atoms with Crippen molar-refractivity contribution in [2.24, 2.45) is 0 Å². The zero-order valence-corrected chi connectivity index (χ0v) is 7.77. The Morgan fingerprint density at radius 1 is 1.36 bits per heavy atom. The summed E-state index contributed by atoms with van der Waals surface area (Å²) in [6.45, 7) is 0. The molecule has 5 nitrogen and oxygen atoms in total. The maximum Gasteiger partial charge on any atom is 0.384 e. The summed E-state index contributed by atoms with van der Waals surface area (Å²) in [6.07, 6.45) is 2.92. The lowest BCUT2D eigenvalue weighted by Crippen LogP contribution is -1.95. The van der Waals surface area contributed by atoms with Crippen LogP contribution in [-0.2, 0) is 9.53 Å². The molecule has 1 heterocycles. The van der Waals surface area contributed by atoms with Crippen molar-refractivity contribution in [2.75, 3.05) is 14.2 Å². The van der Waals surface area contributed by atoms with Crippen molar-refractivity contribution >= 4 is 5.97 Å². The Balaban J connectivity index is 2.76. The molecule has 0 unspecified atom stereocenters. The first-order valence-electron chi connectivity index (χ1n) is 3.72. The van der Waals surface area contributed by atoms with E-state index >= 15 is 0 Å². The van der Waals surface area contributed by atoms with Crippen molar-refractivity contribution < 1.29 is 14.3 Å². The Labute approximate surface area is 81.1 Å². The maximum absolute atomic E-state index is 10.6. The summed E-state index contributed by atoms with van der Waals surface area (Å²) in [5.41, 5.74) is 0.524. The van der Waals surface area contributed by atoms with E-state index in [0.29, 0.717) is 5.56 Å². The highest BCUT2D eigenvalue weighted by Crippen LogP contribution is 1.99. The van der Waals surface area contributed by atoms with Gasteiger partial charge in [0.2, 0.25) is 0 Å². The lowest BCUT2D eigenvalue weighted by molar-refractivity contribution is -0.133. The number of carbonyl (C=O) groups excluding carboxylic acids is 1. The molecule has 1 aromatic heterocycles. The number of nitrogens with zero attached hydrogens (tertiary/aromatic N) is 2. The summed E-state index contributed by atoms with van der Waals surface area (Å²) < 4.78 is 9.09. The van der Waals surface area contributed by atoms with Crippen molar-refractivity contribution in [2.45, 2.75) is 0 Å². The normalized spacial score (nSPS) is 8.43. The Morgan fingerprint density at radius 3 is 2.50 bits per heavy atom. The van der Waals surface area contributed by atoms with Crippen LogP contribution in [0, 0.1) is 11.8 Å². The number of rotatable bonds is 1. The third-order valence-electron chi connectivity index (χ3n) is 1.31. The summed E-state index contributed by atoms with van der Waals surface area (Å²) in [5.74, 6) is 4.20. The fourth-order valence-corrected chi connectivity index (χ4v) is 0.660. The SMILES string of the molecule is COC(=O)C#Cc1cnc(OC)nc1. The summed E-state index contributed by atoms with van der Waals surface area (Å²) in [5, 5.41) is 0. The van der Waals surface area contributed by atoms with Gasteiger partial charge in [0.05, 0.1) is 19.8 Å². The second-order valence-corrected chi connectivity index (χ2v) is 2.20. The zero-order valence-electron chi connectivity index (χ0n) is 7.77. The first kappa shape index (κ1) is 9.99. The van der Waals surface area contributed by atoms with Gasteiger partial charge in [-0.1, -0.05) is 5.92 Å². The van der Waals surface area contributed by atoms with E-state index in [1.807, 2.05) is 0 Å². The molecule has 0 amide bonds. The zero-order chi connectivity index (χ0) is 10.4. The lowest BCUT2D eigenvalue weighted by Gasteiger charge is -1.94. The smallest absolute Gasteiger partial charge is 0.384 e. The van der Waals surface area contributed by atoms with E-state index < -0.39 is 5.97 Å². The Bertz CT molecular complexity index is 375. The second kappa shape index (κ2) is 4.82. The summed E-state index contributed by atoms with van der Waals surface area (Å²) >= 11 is 0. The van der Waals surface area contributed by atoms with E-state index in [1.54, 1.807) is 0 Å². The highest BCUT2D eigenvalue weighted by molar-refractivity contribution is 5.88. The molecular weight excluding hydrogens is 184 g/mol. The monoisotopic (exact) mass is 192 g/mol. The molecule has 0 N–H and O–H groups in total. The predicted octanol–water partition coefficient (Wildman–Crippen LogP) is 0.00970. The molecule has 0 saturated carbocycles. The van der Waals surface area contributed by atoms with E-state index in [1.165, 1.54) is 26.6 Å². The van der Waals surface area contributed by atoms with E-state index in [4.69, 9.17) is 4.74 Å². The molecule has 5 heteroatoms. The Hall–Kier alpha value is -2.09. The molecule has 1 rings (SSSR count). The third-order valence-corrected chi connectivity index (χ3v) is 1.31. The van der Waals surface area contributed by atoms with Gasteiger partial charge >= 0.3 is 12.0 Å². The number of esters is 1. The second-order valence-electron chi connectivity index (χ2n) is 2.20. The van der Waals surface area contributed by atoms with Crippen LogP contribution < -0.4 is 4.74 Å². The largest absolute Gasteiger partial charge is 0.467 e. The first-order valence-corrected chi connectivity index (χ1v) is 3.72. The number of hydrogen-bond donors (Lipinski definition) is 0. The first-order chi connectivity index (χ1) is 6.76. The third kappa shape index (κ3) is 2.75. The Morgan fingerprint density at radius 2 is 2.00 bits per heavy atom. The predicted molar refractivity (Wildman–Crippen MR) is 47.5 cm³/mol. The molecule has 14 heavy (non-hydrogen) atoms. The van der Waals surface area contributed by atoms with Gasteiger partial charge in [-0.3, -0.25) is 0 Å². The highest BCUT2D eigenvalue weighted by atomic mass is 16.5. The standard InChI is InChI=1S/C9H8N2O3/c1-13-8(12)4-3-7-5-10-9(14-2)11-6-7/h5-6H,1-2H3. The average molecular weight is 192 g/mol. The summed E-state index contributed by atoms with van der Waals surface area (Å²) in [6, 6.07) is 0.258. The number of carbonyl (C=O) groups is 1. The number of hydrogen-bond acceptors (Lipinski definition) is 5. The number of aromatic nitrogens is 2.